The lowest BCUT2D eigenvalue weighted by molar-refractivity contribution is -0.132. The normalized spacial score (nSPS) is 43.6. The Bertz CT molecular complexity index is 121. The minimum Gasteiger partial charge on any atom is -0.394 e. The first-order valence-corrected chi connectivity index (χ1v) is 2.97. The van der Waals surface area contributed by atoms with Crippen LogP contribution in [0, 0.1) is 0 Å². The Balaban J connectivity index is 0.000001000. The van der Waals surface area contributed by atoms with Gasteiger partial charge >= 0.3 is 0 Å². The number of hydrogen-bond donors (Lipinski definition) is 4. The smallest absolute Gasteiger partial charge is 0.184 e. The fourth-order valence-corrected chi connectivity index (χ4v) is 0.880. The molecule has 1 saturated heterocycles. The van der Waals surface area contributed by atoms with Crippen molar-refractivity contribution < 1.29 is 25.2 Å². The highest BCUT2D eigenvalue weighted by atomic mass is 35.5. The van der Waals surface area contributed by atoms with Crippen molar-refractivity contribution in [1.82, 2.24) is 0 Å². The highest BCUT2D eigenvalue weighted by Gasteiger charge is 2.41. The second kappa shape index (κ2) is 4.20. The maximum absolute atomic E-state index is 8.93. The molecule has 1 aliphatic rings. The van der Waals surface area contributed by atoms with Crippen LogP contribution in [0.4, 0.5) is 0 Å². The van der Waals surface area contributed by atoms with E-state index in [1.54, 1.807) is 0 Å². The zero-order valence-corrected chi connectivity index (χ0v) is 6.44. The topological polar surface area (TPSA) is 90.2 Å². The minimum atomic E-state index is -1.38. The van der Waals surface area contributed by atoms with Gasteiger partial charge in [-0.15, -0.1) is 12.4 Å². The summed E-state index contributed by atoms with van der Waals surface area (Å²) in [5.41, 5.74) is 0. The minimum absolute atomic E-state index is 0. The number of ether oxygens (including phenoxy) is 1. The molecule has 0 aromatic heterocycles. The molecule has 0 amide bonds. The van der Waals surface area contributed by atoms with E-state index in [-0.39, 0.29) is 12.4 Å². The zero-order chi connectivity index (χ0) is 7.72. The second-order valence-corrected chi connectivity index (χ2v) is 2.23. The average Bonchev–Trinajstić information content (AvgIpc) is 2.17. The third kappa shape index (κ3) is 2.02. The molecular formula is C5H11ClO5. The fourth-order valence-electron chi connectivity index (χ4n) is 0.880. The third-order valence-electron chi connectivity index (χ3n) is 1.52. The van der Waals surface area contributed by atoms with Gasteiger partial charge in [0.2, 0.25) is 0 Å². The van der Waals surface area contributed by atoms with Crippen LogP contribution in [0.2, 0.25) is 0 Å². The summed E-state index contributed by atoms with van der Waals surface area (Å²) in [5, 5.41) is 35.0. The number of rotatable bonds is 1. The Morgan fingerprint density at radius 3 is 1.82 bits per heavy atom. The molecule has 5 nitrogen and oxygen atoms in total. The Kier molecular flexibility index (Phi) is 4.23. The van der Waals surface area contributed by atoms with E-state index in [9.17, 15) is 0 Å². The number of hydrogen-bond acceptors (Lipinski definition) is 5. The predicted octanol–water partition coefficient (Wildman–Crippen LogP) is -2.16. The van der Waals surface area contributed by atoms with Gasteiger partial charge in [-0.1, -0.05) is 0 Å². The molecule has 0 bridgehead atoms. The van der Waals surface area contributed by atoms with E-state index in [2.05, 4.69) is 4.74 Å². The van der Waals surface area contributed by atoms with Gasteiger partial charge in [0.15, 0.2) is 6.29 Å². The molecule has 1 aliphatic heterocycles. The van der Waals surface area contributed by atoms with Crippen molar-refractivity contribution in [3.63, 3.8) is 0 Å². The van der Waals surface area contributed by atoms with E-state index < -0.39 is 31.2 Å². The molecule has 0 aliphatic carbocycles. The van der Waals surface area contributed by atoms with Crippen LogP contribution in [0.1, 0.15) is 0 Å². The van der Waals surface area contributed by atoms with Gasteiger partial charge in [0.1, 0.15) is 18.3 Å². The molecule has 0 aromatic carbocycles. The molecule has 0 spiro atoms. The van der Waals surface area contributed by atoms with Gasteiger partial charge in [0.05, 0.1) is 6.61 Å². The monoisotopic (exact) mass is 186 g/mol. The van der Waals surface area contributed by atoms with Crippen LogP contribution >= 0.6 is 12.4 Å². The van der Waals surface area contributed by atoms with Gasteiger partial charge in [0, 0.05) is 0 Å². The molecule has 4 N–H and O–H groups in total. The fraction of sp³-hybridized carbons (Fsp3) is 1.00. The molecular weight excluding hydrogens is 176 g/mol. The van der Waals surface area contributed by atoms with Gasteiger partial charge < -0.3 is 25.2 Å². The number of halogens is 1. The van der Waals surface area contributed by atoms with Crippen molar-refractivity contribution in [3.8, 4) is 0 Å². The van der Waals surface area contributed by atoms with Gasteiger partial charge in [-0.2, -0.15) is 0 Å². The Morgan fingerprint density at radius 1 is 1.09 bits per heavy atom. The first-order valence-electron chi connectivity index (χ1n) is 2.97. The van der Waals surface area contributed by atoms with Gasteiger partial charge in [0.25, 0.3) is 0 Å². The van der Waals surface area contributed by atoms with Crippen LogP contribution < -0.4 is 0 Å². The summed E-state index contributed by atoms with van der Waals surface area (Å²) in [7, 11) is 0. The van der Waals surface area contributed by atoms with Gasteiger partial charge in [-0.05, 0) is 0 Å². The summed E-state index contributed by atoms with van der Waals surface area (Å²) in [6.45, 7) is -0.407. The van der Waals surface area contributed by atoms with Crippen LogP contribution in [0.15, 0.2) is 0 Å². The molecule has 0 aromatic rings. The SMILES string of the molecule is Cl.OC[C@H]1O[C@@H](O)[C@H](O)[C@@H]1O. The number of aliphatic hydroxyl groups is 4. The molecule has 0 unspecified atom stereocenters. The molecule has 68 valence electrons. The molecule has 4 atom stereocenters. The van der Waals surface area contributed by atoms with Crippen LogP contribution in [0.3, 0.4) is 0 Å². The summed E-state index contributed by atoms with van der Waals surface area (Å²) in [6, 6.07) is 0. The molecule has 6 heteroatoms. The van der Waals surface area contributed by atoms with Crippen molar-refractivity contribution in [3.05, 3.63) is 0 Å². The lowest BCUT2D eigenvalue weighted by Gasteiger charge is -2.09. The van der Waals surface area contributed by atoms with Crippen molar-refractivity contribution in [2.45, 2.75) is 24.6 Å². The second-order valence-electron chi connectivity index (χ2n) is 2.23. The molecule has 0 saturated carbocycles. The van der Waals surface area contributed by atoms with Crippen LogP contribution in [0.5, 0.6) is 0 Å². The lowest BCUT2D eigenvalue weighted by atomic mass is 10.1. The quantitative estimate of drug-likeness (QED) is 0.375. The highest BCUT2D eigenvalue weighted by molar-refractivity contribution is 5.85. The molecule has 1 fully saturated rings. The maximum Gasteiger partial charge on any atom is 0.184 e. The summed E-state index contributed by atoms with van der Waals surface area (Å²) >= 11 is 0. The first-order chi connectivity index (χ1) is 4.66. The highest BCUT2D eigenvalue weighted by Crippen LogP contribution is 2.18. The van der Waals surface area contributed by atoms with Crippen LogP contribution in [-0.4, -0.2) is 51.6 Å². The summed E-state index contributed by atoms with van der Waals surface area (Å²) in [6.07, 6.45) is -4.76. The largest absolute Gasteiger partial charge is 0.394 e. The first kappa shape index (κ1) is 11.1. The zero-order valence-electron chi connectivity index (χ0n) is 5.62. The molecule has 1 heterocycles. The van der Waals surface area contributed by atoms with Gasteiger partial charge in [-0.25, -0.2) is 0 Å². The van der Waals surface area contributed by atoms with E-state index in [0.29, 0.717) is 0 Å². The summed E-state index contributed by atoms with van der Waals surface area (Å²) in [5.74, 6) is 0. The van der Waals surface area contributed by atoms with Crippen LogP contribution in [0.25, 0.3) is 0 Å². The Labute approximate surface area is 69.6 Å². The summed E-state index contributed by atoms with van der Waals surface area (Å²) in [4.78, 5) is 0. The standard InChI is InChI=1S/C5H10O5.ClH/c6-1-2-3(7)4(8)5(9)10-2;/h2-9H,1H2;1H/t2-,3-,4-,5-;/m1./s1. The summed E-state index contributed by atoms with van der Waals surface area (Å²) < 4.78 is 4.54. The van der Waals surface area contributed by atoms with Crippen molar-refractivity contribution in [2.75, 3.05) is 6.61 Å². The number of aliphatic hydroxyl groups excluding tert-OH is 4. The van der Waals surface area contributed by atoms with Crippen molar-refractivity contribution in [2.24, 2.45) is 0 Å². The van der Waals surface area contributed by atoms with E-state index in [1.807, 2.05) is 0 Å². The maximum atomic E-state index is 8.93. The van der Waals surface area contributed by atoms with Gasteiger partial charge in [-0.3, -0.25) is 0 Å². The van der Waals surface area contributed by atoms with E-state index in [0.717, 1.165) is 0 Å². The molecule has 1 rings (SSSR count). The predicted molar refractivity (Wildman–Crippen MR) is 37.2 cm³/mol. The van der Waals surface area contributed by atoms with E-state index in [4.69, 9.17) is 20.4 Å². The Hall–Kier alpha value is 0.0900. The van der Waals surface area contributed by atoms with Crippen molar-refractivity contribution >= 4 is 12.4 Å². The molecule has 11 heavy (non-hydrogen) atoms. The average molecular weight is 187 g/mol. The Morgan fingerprint density at radius 2 is 1.64 bits per heavy atom. The van der Waals surface area contributed by atoms with E-state index >= 15 is 0 Å². The van der Waals surface area contributed by atoms with E-state index in [1.165, 1.54) is 0 Å². The lowest BCUT2D eigenvalue weighted by Crippen LogP contribution is -2.33. The molecule has 0 radical (unpaired) electrons. The van der Waals surface area contributed by atoms with Crippen molar-refractivity contribution in [1.29, 1.82) is 0 Å². The van der Waals surface area contributed by atoms with Crippen LogP contribution in [-0.2, 0) is 4.74 Å². The third-order valence-corrected chi connectivity index (χ3v) is 1.52.